The average Bonchev–Trinajstić information content (AvgIpc) is 2.55. The Labute approximate surface area is 165 Å². The van der Waals surface area contributed by atoms with E-state index in [0.29, 0.717) is 36.5 Å². The van der Waals surface area contributed by atoms with Gasteiger partial charge in [0.2, 0.25) is 0 Å². The Morgan fingerprint density at radius 3 is 1.03 bits per heavy atom. The molecule has 0 aromatic rings. The minimum absolute atomic E-state index is 0.418. The minimum Gasteiger partial charge on any atom is -0.478 e. The van der Waals surface area contributed by atoms with Gasteiger partial charge in [0.15, 0.2) is 17.3 Å². The minimum atomic E-state index is -1.58. The first-order valence-corrected chi connectivity index (χ1v) is 8.16. The third-order valence-electron chi connectivity index (χ3n) is 3.51. The molecule has 10 nitrogen and oxygen atoms in total. The van der Waals surface area contributed by atoms with Crippen molar-refractivity contribution < 1.29 is 48.9 Å². The lowest BCUT2D eigenvalue weighted by atomic mass is 9.71. The van der Waals surface area contributed by atoms with E-state index in [0.717, 1.165) is 6.92 Å². The first-order chi connectivity index (χ1) is 13.3. The van der Waals surface area contributed by atoms with Crippen molar-refractivity contribution in [3.8, 4) is 0 Å². The molecule has 29 heavy (non-hydrogen) atoms. The van der Waals surface area contributed by atoms with Crippen LogP contribution in [0.4, 0.5) is 0 Å². The second-order valence-electron chi connectivity index (χ2n) is 6.32. The average molecular weight is 408 g/mol. The predicted octanol–water partition coefficient (Wildman–Crippen LogP) is 0.752. The summed E-state index contributed by atoms with van der Waals surface area (Å²) < 4.78 is 0. The SMILES string of the molecule is CC(=O)CC(CC(=O)/C=C\C(=O)O)(CC(=O)/C=C\C(=O)O)CC(=O)/C=C\C(=O)O. The van der Waals surface area contributed by atoms with Crippen LogP contribution in [0.2, 0.25) is 0 Å². The van der Waals surface area contributed by atoms with Gasteiger partial charge in [-0.05, 0) is 30.6 Å². The van der Waals surface area contributed by atoms with E-state index >= 15 is 0 Å². The van der Waals surface area contributed by atoms with Crippen molar-refractivity contribution in [2.75, 3.05) is 0 Å². The molecule has 0 aromatic carbocycles. The van der Waals surface area contributed by atoms with E-state index in [1.807, 2.05) is 0 Å². The lowest BCUT2D eigenvalue weighted by molar-refractivity contribution is -0.132. The summed E-state index contributed by atoms with van der Waals surface area (Å²) in [6.45, 7) is 1.15. The summed E-state index contributed by atoms with van der Waals surface area (Å²) in [7, 11) is 0. The highest BCUT2D eigenvalue weighted by molar-refractivity contribution is 6.01. The normalized spacial score (nSPS) is 11.8. The van der Waals surface area contributed by atoms with Crippen molar-refractivity contribution in [2.24, 2.45) is 5.41 Å². The zero-order valence-corrected chi connectivity index (χ0v) is 15.5. The molecule has 10 heteroatoms. The molecular weight excluding hydrogens is 388 g/mol. The number of carboxylic acid groups (broad SMARTS) is 3. The van der Waals surface area contributed by atoms with Crippen LogP contribution >= 0.6 is 0 Å². The summed E-state index contributed by atoms with van der Waals surface area (Å²) in [6.07, 6.45) is 1.71. The van der Waals surface area contributed by atoms with Gasteiger partial charge in [0.25, 0.3) is 0 Å². The number of Topliss-reactive ketones (excluding diaryl/α,β-unsaturated/α-hetero) is 1. The molecule has 0 unspecified atom stereocenters. The largest absolute Gasteiger partial charge is 0.478 e. The van der Waals surface area contributed by atoms with Crippen molar-refractivity contribution in [2.45, 2.75) is 32.6 Å². The van der Waals surface area contributed by atoms with Gasteiger partial charge in [0.1, 0.15) is 5.78 Å². The molecule has 0 aliphatic heterocycles. The fourth-order valence-electron chi connectivity index (χ4n) is 2.68. The van der Waals surface area contributed by atoms with Gasteiger partial charge in [-0.15, -0.1) is 0 Å². The number of hydrogen-bond acceptors (Lipinski definition) is 7. The van der Waals surface area contributed by atoms with Gasteiger partial charge >= 0.3 is 17.9 Å². The summed E-state index contributed by atoms with van der Waals surface area (Å²) in [4.78, 5) is 79.8. The number of rotatable bonds is 14. The van der Waals surface area contributed by atoms with Crippen LogP contribution in [-0.4, -0.2) is 56.4 Å². The van der Waals surface area contributed by atoms with Gasteiger partial charge in [-0.1, -0.05) is 0 Å². The molecule has 3 N–H and O–H groups in total. The summed E-state index contributed by atoms with van der Waals surface area (Å²) in [5.74, 6) is -7.04. The van der Waals surface area contributed by atoms with Crippen LogP contribution in [0.15, 0.2) is 36.5 Å². The maximum atomic E-state index is 12.1. The van der Waals surface area contributed by atoms with Crippen molar-refractivity contribution in [3.05, 3.63) is 36.5 Å². The van der Waals surface area contributed by atoms with Gasteiger partial charge in [-0.3, -0.25) is 14.4 Å². The highest BCUT2D eigenvalue weighted by Crippen LogP contribution is 2.37. The predicted molar refractivity (Wildman–Crippen MR) is 96.9 cm³/mol. The molecule has 0 amide bonds. The van der Waals surface area contributed by atoms with E-state index in [1.165, 1.54) is 0 Å². The second-order valence-corrected chi connectivity index (χ2v) is 6.32. The second kappa shape index (κ2) is 11.9. The molecule has 156 valence electrons. The Bertz CT molecular complexity index is 705. The van der Waals surface area contributed by atoms with Crippen LogP contribution in [0.25, 0.3) is 0 Å². The lowest BCUT2D eigenvalue weighted by Gasteiger charge is -2.30. The molecule has 0 saturated carbocycles. The molecule has 0 heterocycles. The Hall–Kier alpha value is -3.69. The Kier molecular flexibility index (Phi) is 10.4. The summed E-state index contributed by atoms with van der Waals surface area (Å²) >= 11 is 0. The van der Waals surface area contributed by atoms with Gasteiger partial charge in [0.05, 0.1) is 0 Å². The van der Waals surface area contributed by atoms with Gasteiger partial charge in [0, 0.05) is 43.9 Å². The zero-order valence-electron chi connectivity index (χ0n) is 15.5. The molecule has 0 aromatic heterocycles. The van der Waals surface area contributed by atoms with Gasteiger partial charge < -0.3 is 20.1 Å². The summed E-state index contributed by atoms with van der Waals surface area (Å²) in [6, 6.07) is 0. The number of allylic oxidation sites excluding steroid dienone is 3. The molecule has 0 bridgehead atoms. The number of aliphatic carboxylic acids is 3. The first-order valence-electron chi connectivity index (χ1n) is 8.16. The van der Waals surface area contributed by atoms with Crippen molar-refractivity contribution in [3.63, 3.8) is 0 Å². The van der Waals surface area contributed by atoms with E-state index in [9.17, 15) is 33.6 Å². The topological polar surface area (TPSA) is 180 Å². The maximum absolute atomic E-state index is 12.1. The molecule has 0 aliphatic carbocycles. The van der Waals surface area contributed by atoms with Crippen molar-refractivity contribution in [1.29, 1.82) is 0 Å². The number of carboxylic acids is 3. The summed E-state index contributed by atoms with van der Waals surface area (Å²) in [5.41, 5.74) is -1.58. The monoisotopic (exact) mass is 408 g/mol. The standard InChI is InChI=1S/C19H20O10/c1-12(20)8-19(9-13(21)2-5-16(24)25,10-14(22)3-6-17(26)27)11-15(23)4-7-18(28)29/h2-7H,8-11H2,1H3,(H,24,25)(H,26,27)(H,28,29)/b5-2-,6-3-,7-4-. The highest BCUT2D eigenvalue weighted by Gasteiger charge is 2.37. The van der Waals surface area contributed by atoms with E-state index in [-0.39, 0.29) is 0 Å². The van der Waals surface area contributed by atoms with E-state index in [1.54, 1.807) is 0 Å². The number of hydrogen-bond donors (Lipinski definition) is 3. The van der Waals surface area contributed by atoms with Crippen molar-refractivity contribution in [1.82, 2.24) is 0 Å². The molecule has 0 spiro atoms. The quantitative estimate of drug-likeness (QED) is 0.347. The van der Waals surface area contributed by atoms with Crippen LogP contribution in [0.5, 0.6) is 0 Å². The van der Waals surface area contributed by atoms with Crippen LogP contribution < -0.4 is 0 Å². The highest BCUT2D eigenvalue weighted by atomic mass is 16.4. The molecular formula is C19H20O10. The Morgan fingerprint density at radius 2 is 0.828 bits per heavy atom. The van der Waals surface area contributed by atoms with E-state index < -0.39 is 72.1 Å². The van der Waals surface area contributed by atoms with Gasteiger partial charge in [-0.2, -0.15) is 0 Å². The fourth-order valence-corrected chi connectivity index (χ4v) is 2.68. The molecule has 0 atom stereocenters. The third kappa shape index (κ3) is 12.3. The van der Waals surface area contributed by atoms with Crippen LogP contribution in [0, 0.1) is 5.41 Å². The van der Waals surface area contributed by atoms with Crippen molar-refractivity contribution >= 4 is 41.0 Å². The van der Waals surface area contributed by atoms with Crippen LogP contribution in [-0.2, 0) is 33.6 Å². The molecule has 0 saturated heterocycles. The zero-order chi connectivity index (χ0) is 22.6. The van der Waals surface area contributed by atoms with Crippen LogP contribution in [0.1, 0.15) is 32.6 Å². The third-order valence-corrected chi connectivity index (χ3v) is 3.51. The number of ketones is 4. The molecule has 0 fully saturated rings. The molecule has 0 radical (unpaired) electrons. The fraction of sp³-hybridized carbons (Fsp3) is 0.316. The smallest absolute Gasteiger partial charge is 0.328 e. The first kappa shape index (κ1) is 25.3. The number of carbonyl (C=O) groups excluding carboxylic acids is 4. The van der Waals surface area contributed by atoms with E-state index in [4.69, 9.17) is 15.3 Å². The lowest BCUT2D eigenvalue weighted by Crippen LogP contribution is -2.32. The van der Waals surface area contributed by atoms with Gasteiger partial charge in [-0.25, -0.2) is 14.4 Å². The number of carbonyl (C=O) groups is 7. The Morgan fingerprint density at radius 1 is 0.552 bits per heavy atom. The Balaban J connectivity index is 5.94. The molecule has 0 aliphatic rings. The summed E-state index contributed by atoms with van der Waals surface area (Å²) in [5, 5.41) is 25.8. The van der Waals surface area contributed by atoms with Crippen LogP contribution in [0.3, 0.4) is 0 Å². The molecule has 0 rings (SSSR count). The van der Waals surface area contributed by atoms with E-state index in [2.05, 4.69) is 0 Å². The maximum Gasteiger partial charge on any atom is 0.328 e.